The maximum absolute atomic E-state index is 13.0. The predicted molar refractivity (Wildman–Crippen MR) is 135 cm³/mol. The van der Waals surface area contributed by atoms with Gasteiger partial charge in [-0.3, -0.25) is 9.59 Å². The molecule has 2 aromatic rings. The number of benzene rings is 2. The number of carbonyl (C=O) groups excluding carboxylic acids is 2. The van der Waals surface area contributed by atoms with Crippen molar-refractivity contribution in [3.05, 3.63) is 84.0 Å². The minimum atomic E-state index is -0.345. The summed E-state index contributed by atoms with van der Waals surface area (Å²) < 4.78 is 7.60. The Balaban J connectivity index is 1.54. The zero-order valence-electron chi connectivity index (χ0n) is 17.8. The van der Waals surface area contributed by atoms with E-state index < -0.39 is 0 Å². The highest BCUT2D eigenvalue weighted by Gasteiger charge is 2.40. The third-order valence-electron chi connectivity index (χ3n) is 6.48. The van der Waals surface area contributed by atoms with Crippen LogP contribution in [-0.4, -0.2) is 11.6 Å². The van der Waals surface area contributed by atoms with E-state index in [0.29, 0.717) is 30.2 Å². The van der Waals surface area contributed by atoms with Gasteiger partial charge >= 0.3 is 0 Å². The number of ketones is 2. The molecule has 3 aliphatic rings. The number of halogens is 3. The summed E-state index contributed by atoms with van der Waals surface area (Å²) in [6.45, 7) is 0.325. The molecule has 1 N–H and O–H groups in total. The molecule has 0 unspecified atom stereocenters. The van der Waals surface area contributed by atoms with Gasteiger partial charge in [0.25, 0.3) is 0 Å². The van der Waals surface area contributed by atoms with E-state index >= 15 is 0 Å². The molecule has 33 heavy (non-hydrogen) atoms. The molecule has 2 aromatic carbocycles. The van der Waals surface area contributed by atoms with E-state index in [0.717, 1.165) is 68.3 Å². The summed E-state index contributed by atoms with van der Waals surface area (Å²) in [7, 11) is 0. The summed E-state index contributed by atoms with van der Waals surface area (Å²) in [5.41, 5.74) is 5.26. The number of dihydropyridines is 1. The van der Waals surface area contributed by atoms with Crippen molar-refractivity contribution < 1.29 is 14.3 Å². The molecule has 0 aromatic heterocycles. The molecule has 2 aliphatic carbocycles. The fraction of sp³-hybridized carbons (Fsp3) is 0.308. The van der Waals surface area contributed by atoms with Gasteiger partial charge in [0.05, 0.1) is 8.95 Å². The van der Waals surface area contributed by atoms with Crippen LogP contribution in [0.15, 0.2) is 67.9 Å². The van der Waals surface area contributed by atoms with Crippen LogP contribution in [0.5, 0.6) is 5.75 Å². The highest BCUT2D eigenvalue weighted by Crippen LogP contribution is 2.47. The van der Waals surface area contributed by atoms with Crippen LogP contribution in [0.2, 0.25) is 5.02 Å². The maximum atomic E-state index is 13.0. The Bertz CT molecular complexity index is 1170. The van der Waals surface area contributed by atoms with Gasteiger partial charge in [0.15, 0.2) is 11.6 Å². The zero-order chi connectivity index (χ0) is 23.1. The van der Waals surface area contributed by atoms with Gasteiger partial charge in [-0.05, 0) is 81.3 Å². The van der Waals surface area contributed by atoms with Gasteiger partial charge in [-0.2, -0.15) is 0 Å². The van der Waals surface area contributed by atoms with Crippen LogP contribution < -0.4 is 10.1 Å². The van der Waals surface area contributed by atoms with E-state index in [1.54, 1.807) is 0 Å². The van der Waals surface area contributed by atoms with Gasteiger partial charge in [-0.15, -0.1) is 0 Å². The molecular weight excluding hydrogens is 570 g/mol. The first-order valence-corrected chi connectivity index (χ1v) is 13.0. The molecule has 0 atom stereocenters. The molecule has 4 nitrogen and oxygen atoms in total. The second-order valence-corrected chi connectivity index (χ2v) is 10.7. The molecule has 1 heterocycles. The number of hydrogen-bond acceptors (Lipinski definition) is 4. The van der Waals surface area contributed by atoms with Crippen molar-refractivity contribution in [2.75, 3.05) is 0 Å². The van der Waals surface area contributed by atoms with Crippen LogP contribution in [0.4, 0.5) is 0 Å². The SMILES string of the molecule is O=C1CCCC2=C1C(c1cc(Br)c(OCc3ccccc3Cl)c(Br)c1)C1=C(CCCC1=O)N2. The lowest BCUT2D eigenvalue weighted by Gasteiger charge is -2.37. The zero-order valence-corrected chi connectivity index (χ0v) is 21.8. The van der Waals surface area contributed by atoms with Gasteiger partial charge < -0.3 is 10.1 Å². The third-order valence-corrected chi connectivity index (χ3v) is 8.02. The van der Waals surface area contributed by atoms with Crippen LogP contribution in [0, 0.1) is 0 Å². The standard InChI is InChI=1S/C26H22Br2ClNO3/c27-16-11-15(12-17(28)26(16)33-13-14-5-1-2-6-18(14)29)23-24-19(7-3-9-21(24)31)30-20-8-4-10-22(32)25(20)23/h1-2,5-6,11-12,23,30H,3-4,7-10,13H2. The summed E-state index contributed by atoms with van der Waals surface area (Å²) in [4.78, 5) is 26.1. The van der Waals surface area contributed by atoms with Crippen molar-refractivity contribution in [2.45, 2.75) is 51.0 Å². The molecule has 5 rings (SSSR count). The molecule has 0 fully saturated rings. The summed E-state index contributed by atoms with van der Waals surface area (Å²) in [5, 5.41) is 4.11. The average Bonchev–Trinajstić information content (AvgIpc) is 2.78. The average molecular weight is 592 g/mol. The fourth-order valence-electron chi connectivity index (χ4n) is 4.97. The monoisotopic (exact) mass is 589 g/mol. The molecule has 170 valence electrons. The van der Waals surface area contributed by atoms with Crippen LogP contribution >= 0.6 is 43.5 Å². The molecule has 0 amide bonds. The highest BCUT2D eigenvalue weighted by atomic mass is 79.9. The molecule has 0 bridgehead atoms. The topological polar surface area (TPSA) is 55.4 Å². The normalized spacial score (nSPS) is 18.8. The quantitative estimate of drug-likeness (QED) is 0.411. The maximum Gasteiger partial charge on any atom is 0.161 e. The third kappa shape index (κ3) is 4.33. The largest absolute Gasteiger partial charge is 0.486 e. The number of ether oxygens (including phenoxy) is 1. The first kappa shape index (κ1) is 22.9. The molecule has 0 saturated heterocycles. The van der Waals surface area contributed by atoms with Crippen LogP contribution in [0.1, 0.15) is 55.6 Å². The van der Waals surface area contributed by atoms with Crippen LogP contribution in [0.3, 0.4) is 0 Å². The first-order valence-electron chi connectivity index (χ1n) is 11.1. The number of carbonyl (C=O) groups is 2. The Labute approximate surface area is 214 Å². The molecule has 0 radical (unpaired) electrons. The summed E-state index contributed by atoms with van der Waals surface area (Å²) in [5.74, 6) is 0.568. The van der Waals surface area contributed by atoms with Gasteiger partial charge in [-0.1, -0.05) is 29.8 Å². The summed E-state index contributed by atoms with van der Waals surface area (Å²) in [6, 6.07) is 11.5. The summed E-state index contributed by atoms with van der Waals surface area (Å²) in [6.07, 6.45) is 4.41. The van der Waals surface area contributed by atoms with E-state index in [1.165, 1.54) is 0 Å². The lowest BCUT2D eigenvalue weighted by Crippen LogP contribution is -2.36. The Morgan fingerprint density at radius 3 is 2.06 bits per heavy atom. The molecule has 1 aliphatic heterocycles. The second kappa shape index (κ2) is 9.40. The van der Waals surface area contributed by atoms with E-state index in [4.69, 9.17) is 16.3 Å². The van der Waals surface area contributed by atoms with Crippen molar-refractivity contribution in [3.63, 3.8) is 0 Å². The van der Waals surface area contributed by atoms with Crippen molar-refractivity contribution in [3.8, 4) is 5.75 Å². The van der Waals surface area contributed by atoms with Gasteiger partial charge in [0.1, 0.15) is 12.4 Å². The van der Waals surface area contributed by atoms with E-state index in [-0.39, 0.29) is 17.5 Å². The minimum absolute atomic E-state index is 0.130. The number of rotatable bonds is 4. The number of allylic oxidation sites excluding steroid dienone is 4. The number of hydrogen-bond donors (Lipinski definition) is 1. The molecule has 7 heteroatoms. The Morgan fingerprint density at radius 1 is 0.909 bits per heavy atom. The van der Waals surface area contributed by atoms with E-state index in [9.17, 15) is 9.59 Å². The molecule has 0 saturated carbocycles. The van der Waals surface area contributed by atoms with Crippen LogP contribution in [0.25, 0.3) is 0 Å². The second-order valence-electron chi connectivity index (χ2n) is 8.59. The predicted octanol–water partition coefficient (Wildman–Crippen LogP) is 7.15. The highest BCUT2D eigenvalue weighted by molar-refractivity contribution is 9.11. The van der Waals surface area contributed by atoms with Crippen molar-refractivity contribution in [1.29, 1.82) is 0 Å². The van der Waals surface area contributed by atoms with Gasteiger partial charge in [0, 0.05) is 51.9 Å². The Morgan fingerprint density at radius 2 is 1.48 bits per heavy atom. The molecule has 0 spiro atoms. The Kier molecular flexibility index (Phi) is 6.51. The smallest absolute Gasteiger partial charge is 0.161 e. The number of Topliss-reactive ketones (excluding diaryl/α,β-unsaturated/α-hetero) is 2. The minimum Gasteiger partial charge on any atom is -0.486 e. The first-order chi connectivity index (χ1) is 15.9. The lowest BCUT2D eigenvalue weighted by molar-refractivity contribution is -0.116. The van der Waals surface area contributed by atoms with Crippen molar-refractivity contribution in [1.82, 2.24) is 5.32 Å². The van der Waals surface area contributed by atoms with Crippen molar-refractivity contribution >= 4 is 55.0 Å². The molecular formula is C26H22Br2ClNO3. The Hall–Kier alpha value is -1.89. The van der Waals surface area contributed by atoms with E-state index in [1.807, 2.05) is 36.4 Å². The van der Waals surface area contributed by atoms with Crippen molar-refractivity contribution in [2.24, 2.45) is 0 Å². The van der Waals surface area contributed by atoms with Crippen LogP contribution in [-0.2, 0) is 16.2 Å². The van der Waals surface area contributed by atoms with Gasteiger partial charge in [-0.25, -0.2) is 0 Å². The van der Waals surface area contributed by atoms with E-state index in [2.05, 4.69) is 37.2 Å². The summed E-state index contributed by atoms with van der Waals surface area (Å²) >= 11 is 13.6. The number of nitrogens with one attached hydrogen (secondary N) is 1. The fourth-order valence-corrected chi connectivity index (χ4v) is 6.61. The van der Waals surface area contributed by atoms with Gasteiger partial charge in [0.2, 0.25) is 0 Å². The lowest BCUT2D eigenvalue weighted by atomic mass is 9.71.